The van der Waals surface area contributed by atoms with Crippen LogP contribution in [0.2, 0.25) is 0 Å². The number of nitrogens with zero attached hydrogens (tertiary/aromatic N) is 1. The molecular formula is C21H20N2O7. The van der Waals surface area contributed by atoms with Crippen molar-refractivity contribution in [2.24, 2.45) is 0 Å². The molecule has 156 valence electrons. The van der Waals surface area contributed by atoms with Crippen molar-refractivity contribution >= 4 is 29.4 Å². The van der Waals surface area contributed by atoms with Crippen LogP contribution < -0.4 is 5.32 Å². The predicted molar refractivity (Wildman–Crippen MR) is 105 cm³/mol. The van der Waals surface area contributed by atoms with Gasteiger partial charge in [0.05, 0.1) is 16.7 Å². The van der Waals surface area contributed by atoms with Crippen molar-refractivity contribution in [3.8, 4) is 5.75 Å². The molecule has 0 aromatic heterocycles. The monoisotopic (exact) mass is 412 g/mol. The van der Waals surface area contributed by atoms with Gasteiger partial charge in [0.15, 0.2) is 6.61 Å². The number of esters is 1. The second-order valence-electron chi connectivity index (χ2n) is 6.54. The summed E-state index contributed by atoms with van der Waals surface area (Å²) in [6.45, 7) is 0.0986. The van der Waals surface area contributed by atoms with Gasteiger partial charge in [-0.2, -0.15) is 0 Å². The second kappa shape index (κ2) is 9.19. The van der Waals surface area contributed by atoms with Gasteiger partial charge in [-0.05, 0) is 48.9 Å². The number of nitrogens with one attached hydrogen (secondary N) is 1. The highest BCUT2D eigenvalue weighted by Crippen LogP contribution is 2.24. The molecule has 9 heteroatoms. The molecule has 0 saturated heterocycles. The standard InChI is InChI=1S/C21H20N2O7/c1-29-10-2-9-23-19(26)16-8-3-13(11-17(16)20(23)27)21(28)30-12-18(25)22-14-4-6-15(24)7-5-14/h3-8,11,24H,2,9-10,12H2,1H3,(H,22,25). The third-order valence-corrected chi connectivity index (χ3v) is 4.42. The summed E-state index contributed by atoms with van der Waals surface area (Å²) < 4.78 is 9.92. The van der Waals surface area contributed by atoms with Gasteiger partial charge >= 0.3 is 5.97 Å². The SMILES string of the molecule is COCCCN1C(=O)c2ccc(C(=O)OCC(=O)Nc3ccc(O)cc3)cc2C1=O. The third-order valence-electron chi connectivity index (χ3n) is 4.42. The van der Waals surface area contributed by atoms with Crippen molar-refractivity contribution in [1.29, 1.82) is 0 Å². The lowest BCUT2D eigenvalue weighted by molar-refractivity contribution is -0.119. The van der Waals surface area contributed by atoms with E-state index < -0.39 is 30.3 Å². The minimum Gasteiger partial charge on any atom is -0.508 e. The Morgan fingerprint density at radius 1 is 1.03 bits per heavy atom. The Hall–Kier alpha value is -3.72. The molecule has 0 aliphatic carbocycles. The zero-order valence-electron chi connectivity index (χ0n) is 16.2. The van der Waals surface area contributed by atoms with E-state index in [9.17, 15) is 24.3 Å². The number of phenolic OH excluding ortho intramolecular Hbond substituents is 1. The lowest BCUT2D eigenvalue weighted by atomic mass is 10.1. The van der Waals surface area contributed by atoms with E-state index in [-0.39, 0.29) is 29.0 Å². The summed E-state index contributed by atoms with van der Waals surface area (Å²) in [4.78, 5) is 50.2. The normalized spacial score (nSPS) is 12.6. The number of ether oxygens (including phenoxy) is 2. The van der Waals surface area contributed by atoms with Gasteiger partial charge in [0, 0.05) is 25.9 Å². The summed E-state index contributed by atoms with van der Waals surface area (Å²) in [6.07, 6.45) is 0.507. The van der Waals surface area contributed by atoms with Crippen LogP contribution in [0.25, 0.3) is 0 Å². The molecule has 1 aliphatic heterocycles. The topological polar surface area (TPSA) is 122 Å². The minimum absolute atomic E-state index is 0.0568. The van der Waals surface area contributed by atoms with E-state index in [1.165, 1.54) is 49.6 Å². The van der Waals surface area contributed by atoms with Crippen molar-refractivity contribution in [3.05, 3.63) is 59.2 Å². The van der Waals surface area contributed by atoms with E-state index >= 15 is 0 Å². The lowest BCUT2D eigenvalue weighted by Crippen LogP contribution is -2.31. The molecule has 0 bridgehead atoms. The fourth-order valence-corrected chi connectivity index (χ4v) is 2.94. The van der Waals surface area contributed by atoms with E-state index in [0.29, 0.717) is 18.7 Å². The number of amides is 3. The first-order chi connectivity index (χ1) is 14.4. The lowest BCUT2D eigenvalue weighted by Gasteiger charge is -2.12. The quantitative estimate of drug-likeness (QED) is 0.293. The largest absolute Gasteiger partial charge is 0.508 e. The number of hydrogen-bond acceptors (Lipinski definition) is 7. The van der Waals surface area contributed by atoms with Crippen molar-refractivity contribution in [2.75, 3.05) is 32.2 Å². The molecule has 0 saturated carbocycles. The number of fused-ring (bicyclic) bond motifs is 1. The van der Waals surface area contributed by atoms with Gasteiger partial charge in [0.1, 0.15) is 5.75 Å². The Morgan fingerprint density at radius 2 is 1.73 bits per heavy atom. The van der Waals surface area contributed by atoms with E-state index in [0.717, 1.165) is 4.90 Å². The van der Waals surface area contributed by atoms with Gasteiger partial charge in [-0.25, -0.2) is 4.79 Å². The van der Waals surface area contributed by atoms with Crippen LogP contribution in [0.1, 0.15) is 37.5 Å². The average molecular weight is 412 g/mol. The number of hydrogen-bond donors (Lipinski definition) is 2. The average Bonchev–Trinajstić information content (AvgIpc) is 2.98. The van der Waals surface area contributed by atoms with Crippen LogP contribution in [0.15, 0.2) is 42.5 Å². The molecule has 3 amide bonds. The number of benzene rings is 2. The van der Waals surface area contributed by atoms with Crippen LogP contribution in [0.5, 0.6) is 5.75 Å². The Labute approximate surface area is 172 Å². The van der Waals surface area contributed by atoms with Crippen molar-refractivity contribution in [3.63, 3.8) is 0 Å². The number of carbonyl (C=O) groups is 4. The Bertz CT molecular complexity index is 985. The van der Waals surface area contributed by atoms with E-state index in [1.54, 1.807) is 0 Å². The first-order valence-electron chi connectivity index (χ1n) is 9.16. The predicted octanol–water partition coefficient (Wildman–Crippen LogP) is 1.82. The molecule has 1 heterocycles. The summed E-state index contributed by atoms with van der Waals surface area (Å²) >= 11 is 0. The highest BCUT2D eigenvalue weighted by molar-refractivity contribution is 6.22. The molecule has 0 fully saturated rings. The summed E-state index contributed by atoms with van der Waals surface area (Å²) in [7, 11) is 1.53. The number of imide groups is 1. The number of carbonyl (C=O) groups excluding carboxylic acids is 4. The first-order valence-corrected chi connectivity index (χ1v) is 9.16. The Balaban J connectivity index is 1.60. The molecule has 0 spiro atoms. The van der Waals surface area contributed by atoms with Crippen LogP contribution in [-0.2, 0) is 14.3 Å². The highest BCUT2D eigenvalue weighted by atomic mass is 16.5. The second-order valence-corrected chi connectivity index (χ2v) is 6.54. The zero-order valence-corrected chi connectivity index (χ0v) is 16.2. The van der Waals surface area contributed by atoms with Gasteiger partial charge in [0.2, 0.25) is 0 Å². The maximum Gasteiger partial charge on any atom is 0.338 e. The smallest absolute Gasteiger partial charge is 0.338 e. The number of anilines is 1. The molecular weight excluding hydrogens is 392 g/mol. The number of phenols is 1. The molecule has 2 aromatic carbocycles. The fourth-order valence-electron chi connectivity index (χ4n) is 2.94. The van der Waals surface area contributed by atoms with Crippen LogP contribution in [-0.4, -0.2) is 60.6 Å². The number of aromatic hydroxyl groups is 1. The Kier molecular flexibility index (Phi) is 6.43. The summed E-state index contributed by atoms with van der Waals surface area (Å²) in [5.74, 6) is -2.20. The molecule has 2 aromatic rings. The molecule has 2 N–H and O–H groups in total. The number of methoxy groups -OCH3 is 1. The molecule has 0 radical (unpaired) electrons. The fraction of sp³-hybridized carbons (Fsp3) is 0.238. The third kappa shape index (κ3) is 4.64. The first kappa shape index (κ1) is 21.0. The van der Waals surface area contributed by atoms with Crippen LogP contribution in [0.3, 0.4) is 0 Å². The van der Waals surface area contributed by atoms with Crippen molar-refractivity contribution in [1.82, 2.24) is 4.90 Å². The van der Waals surface area contributed by atoms with Crippen LogP contribution in [0, 0.1) is 0 Å². The molecule has 3 rings (SSSR count). The molecule has 30 heavy (non-hydrogen) atoms. The van der Waals surface area contributed by atoms with Gasteiger partial charge < -0.3 is 19.9 Å². The van der Waals surface area contributed by atoms with Crippen molar-refractivity contribution < 1.29 is 33.8 Å². The summed E-state index contributed by atoms with van der Waals surface area (Å²) in [5.41, 5.74) is 0.842. The summed E-state index contributed by atoms with van der Waals surface area (Å²) in [6, 6.07) is 9.88. The number of rotatable bonds is 8. The van der Waals surface area contributed by atoms with Crippen molar-refractivity contribution in [2.45, 2.75) is 6.42 Å². The maximum absolute atomic E-state index is 12.5. The summed E-state index contributed by atoms with van der Waals surface area (Å²) in [5, 5.41) is 11.7. The zero-order chi connectivity index (χ0) is 21.7. The van der Waals surface area contributed by atoms with E-state index in [2.05, 4.69) is 5.32 Å². The molecule has 9 nitrogen and oxygen atoms in total. The molecule has 0 atom stereocenters. The minimum atomic E-state index is -0.795. The molecule has 0 unspecified atom stereocenters. The van der Waals surface area contributed by atoms with Crippen LogP contribution >= 0.6 is 0 Å². The van der Waals surface area contributed by atoms with E-state index in [1.807, 2.05) is 0 Å². The van der Waals surface area contributed by atoms with Gasteiger partial charge in [0.25, 0.3) is 17.7 Å². The van der Waals surface area contributed by atoms with Gasteiger partial charge in [-0.3, -0.25) is 19.3 Å². The van der Waals surface area contributed by atoms with Crippen LogP contribution in [0.4, 0.5) is 5.69 Å². The van der Waals surface area contributed by atoms with E-state index in [4.69, 9.17) is 9.47 Å². The van der Waals surface area contributed by atoms with Gasteiger partial charge in [-0.15, -0.1) is 0 Å². The maximum atomic E-state index is 12.5. The Morgan fingerprint density at radius 3 is 2.43 bits per heavy atom. The highest BCUT2D eigenvalue weighted by Gasteiger charge is 2.35. The van der Waals surface area contributed by atoms with Gasteiger partial charge in [-0.1, -0.05) is 0 Å². The molecule has 1 aliphatic rings.